The molecule has 3 fully saturated rings. The quantitative estimate of drug-likeness (QED) is 0.136. The standard InChI is InChI=1S/C40H59N3O4S/c1-7-10-27(2)33-17-18-34-32-16-15-28-25-29(19-21-39(28,3)35(32)20-22-40(33,34)4)47-38(44)26-41-23-24-42-48(45,46)37-14-9-11-30-31(37)12-8-13-36(30)43(5)6/h8-9,11-15,27,29,32-35,41-42H,7,10,16-26H2,1-6H3/t27-,29+,32+,33-,34+,35+,39+,40-/m1/s1. The number of benzene rings is 2. The van der Waals surface area contributed by atoms with Gasteiger partial charge in [-0.3, -0.25) is 4.79 Å². The van der Waals surface area contributed by atoms with Crippen LogP contribution in [0, 0.1) is 40.4 Å². The van der Waals surface area contributed by atoms with Gasteiger partial charge in [0.2, 0.25) is 10.0 Å². The first-order chi connectivity index (χ1) is 22.9. The average molecular weight is 678 g/mol. The SMILES string of the molecule is CCC[C@@H](C)[C@H]1CC[C@H]2[C@@H]3CC=C4C[C@@H](OC(=O)CNCCNS(=O)(=O)c5cccc6c(N(C)C)cccc56)CC[C@]4(C)[C@H]3CC[C@]12C. The van der Waals surface area contributed by atoms with Crippen molar-refractivity contribution in [2.45, 2.75) is 103 Å². The number of sulfonamides is 1. The Morgan fingerprint density at radius 3 is 2.54 bits per heavy atom. The maximum atomic E-state index is 13.2. The van der Waals surface area contributed by atoms with Crippen LogP contribution in [-0.2, 0) is 19.6 Å². The average Bonchev–Trinajstić information content (AvgIpc) is 3.41. The molecule has 0 spiro atoms. The van der Waals surface area contributed by atoms with Crippen LogP contribution in [0.25, 0.3) is 10.8 Å². The van der Waals surface area contributed by atoms with Gasteiger partial charge in [-0.15, -0.1) is 0 Å². The number of allylic oxidation sites excluding steroid dienone is 1. The van der Waals surface area contributed by atoms with Gasteiger partial charge in [0.25, 0.3) is 0 Å². The summed E-state index contributed by atoms with van der Waals surface area (Å²) in [6.07, 6.45) is 14.7. The molecule has 48 heavy (non-hydrogen) atoms. The number of esters is 1. The summed E-state index contributed by atoms with van der Waals surface area (Å²) in [6, 6.07) is 11.0. The number of hydrogen-bond donors (Lipinski definition) is 2. The lowest BCUT2D eigenvalue weighted by Gasteiger charge is -2.58. The molecule has 0 saturated heterocycles. The lowest BCUT2D eigenvalue weighted by Crippen LogP contribution is -2.51. The molecule has 0 unspecified atom stereocenters. The number of carbonyl (C=O) groups is 1. The van der Waals surface area contributed by atoms with Crippen LogP contribution in [0.15, 0.2) is 52.9 Å². The van der Waals surface area contributed by atoms with Crippen LogP contribution in [0.4, 0.5) is 5.69 Å². The molecule has 0 heterocycles. The molecule has 7 nitrogen and oxygen atoms in total. The highest BCUT2D eigenvalue weighted by Gasteiger charge is 2.59. The van der Waals surface area contributed by atoms with Crippen LogP contribution in [0.1, 0.15) is 91.9 Å². The lowest BCUT2D eigenvalue weighted by atomic mass is 9.47. The van der Waals surface area contributed by atoms with Gasteiger partial charge in [-0.2, -0.15) is 0 Å². The molecule has 3 saturated carbocycles. The Kier molecular flexibility index (Phi) is 10.4. The highest BCUT2D eigenvalue weighted by molar-refractivity contribution is 7.89. The zero-order valence-corrected chi connectivity index (χ0v) is 31.0. The van der Waals surface area contributed by atoms with Crippen molar-refractivity contribution < 1.29 is 17.9 Å². The summed E-state index contributed by atoms with van der Waals surface area (Å²) >= 11 is 0. The molecule has 0 aliphatic heterocycles. The minimum absolute atomic E-state index is 0.0671. The highest BCUT2D eigenvalue weighted by Crippen LogP contribution is 2.67. The van der Waals surface area contributed by atoms with Gasteiger partial charge >= 0.3 is 5.97 Å². The largest absolute Gasteiger partial charge is 0.461 e. The second-order valence-corrected chi connectivity index (χ2v) is 17.9. The molecule has 8 heteroatoms. The number of anilines is 1. The number of ether oxygens (including phenoxy) is 1. The molecule has 8 atom stereocenters. The normalized spacial score (nSPS) is 32.1. The summed E-state index contributed by atoms with van der Waals surface area (Å²) < 4.78 is 35.1. The molecule has 2 aromatic rings. The molecule has 4 aliphatic carbocycles. The van der Waals surface area contributed by atoms with Crippen molar-refractivity contribution in [2.75, 3.05) is 38.6 Å². The fraction of sp³-hybridized carbons (Fsp3) is 0.675. The fourth-order valence-electron chi connectivity index (χ4n) is 11.0. The molecule has 264 valence electrons. The Labute approximate surface area is 289 Å². The first kappa shape index (κ1) is 35.4. The number of nitrogens with one attached hydrogen (secondary N) is 2. The van der Waals surface area contributed by atoms with E-state index in [0.29, 0.717) is 17.3 Å². The van der Waals surface area contributed by atoms with Gasteiger partial charge < -0.3 is 15.0 Å². The summed E-state index contributed by atoms with van der Waals surface area (Å²) in [4.78, 5) is 15.1. The van der Waals surface area contributed by atoms with Crippen LogP contribution in [0.5, 0.6) is 0 Å². The van der Waals surface area contributed by atoms with Crippen LogP contribution in [-0.4, -0.2) is 54.2 Å². The zero-order valence-electron chi connectivity index (χ0n) is 30.2. The molecule has 0 radical (unpaired) electrons. The predicted octanol–water partition coefficient (Wildman–Crippen LogP) is 7.70. The number of rotatable bonds is 12. The molecule has 2 aromatic carbocycles. The number of hydrogen-bond acceptors (Lipinski definition) is 6. The molecule has 0 bridgehead atoms. The summed E-state index contributed by atoms with van der Waals surface area (Å²) in [7, 11) is 0.165. The van der Waals surface area contributed by atoms with E-state index in [9.17, 15) is 13.2 Å². The van der Waals surface area contributed by atoms with Crippen LogP contribution >= 0.6 is 0 Å². The van der Waals surface area contributed by atoms with Crippen LogP contribution in [0.2, 0.25) is 0 Å². The maximum Gasteiger partial charge on any atom is 0.320 e. The van der Waals surface area contributed by atoms with Crippen LogP contribution in [0.3, 0.4) is 0 Å². The zero-order chi connectivity index (χ0) is 34.3. The third kappa shape index (κ3) is 6.58. The minimum atomic E-state index is -3.73. The van der Waals surface area contributed by atoms with Gasteiger partial charge in [0.1, 0.15) is 6.10 Å². The molecular formula is C40H59N3O4S. The molecule has 2 N–H and O–H groups in total. The van der Waals surface area contributed by atoms with Crippen molar-refractivity contribution in [3.05, 3.63) is 48.0 Å². The summed E-state index contributed by atoms with van der Waals surface area (Å²) in [5.41, 5.74) is 3.22. The van der Waals surface area contributed by atoms with Gasteiger partial charge in [0, 0.05) is 50.1 Å². The summed E-state index contributed by atoms with van der Waals surface area (Å²) in [6.45, 7) is 10.6. The van der Waals surface area contributed by atoms with E-state index in [2.05, 4.69) is 43.8 Å². The van der Waals surface area contributed by atoms with Crippen molar-refractivity contribution in [1.29, 1.82) is 0 Å². The van der Waals surface area contributed by atoms with E-state index in [1.54, 1.807) is 12.1 Å². The molecular weight excluding hydrogens is 619 g/mol. The highest BCUT2D eigenvalue weighted by atomic mass is 32.2. The molecule has 4 aliphatic rings. The lowest BCUT2D eigenvalue weighted by molar-refractivity contribution is -0.150. The number of nitrogens with zero attached hydrogens (tertiary/aromatic N) is 1. The topological polar surface area (TPSA) is 87.7 Å². The van der Waals surface area contributed by atoms with Crippen molar-refractivity contribution >= 4 is 32.5 Å². The van der Waals surface area contributed by atoms with E-state index in [1.807, 2.05) is 43.3 Å². The second kappa shape index (κ2) is 14.1. The van der Waals surface area contributed by atoms with Crippen molar-refractivity contribution in [1.82, 2.24) is 10.0 Å². The minimum Gasteiger partial charge on any atom is -0.461 e. The van der Waals surface area contributed by atoms with Crippen LogP contribution < -0.4 is 14.9 Å². The number of carbonyl (C=O) groups excluding carboxylic acids is 1. The molecule has 6 rings (SSSR count). The maximum absolute atomic E-state index is 13.2. The molecule has 0 aromatic heterocycles. The van der Waals surface area contributed by atoms with Crippen molar-refractivity contribution in [3.63, 3.8) is 0 Å². The van der Waals surface area contributed by atoms with Crippen molar-refractivity contribution in [3.8, 4) is 0 Å². The van der Waals surface area contributed by atoms with Gasteiger partial charge in [0.05, 0.1) is 11.4 Å². The second-order valence-electron chi connectivity index (χ2n) is 16.2. The Bertz CT molecular complexity index is 1620. The third-order valence-corrected chi connectivity index (χ3v) is 14.9. The smallest absolute Gasteiger partial charge is 0.320 e. The summed E-state index contributed by atoms with van der Waals surface area (Å²) in [5, 5.41) is 4.66. The predicted molar refractivity (Wildman–Crippen MR) is 195 cm³/mol. The monoisotopic (exact) mass is 677 g/mol. The molecule has 0 amide bonds. The van der Waals surface area contributed by atoms with E-state index < -0.39 is 10.0 Å². The van der Waals surface area contributed by atoms with E-state index in [0.717, 1.165) is 59.9 Å². The van der Waals surface area contributed by atoms with Gasteiger partial charge in [-0.1, -0.05) is 76.5 Å². The fourth-order valence-corrected chi connectivity index (χ4v) is 12.3. The first-order valence-corrected chi connectivity index (χ1v) is 20.2. The Morgan fingerprint density at radius 2 is 1.77 bits per heavy atom. The van der Waals surface area contributed by atoms with E-state index in [4.69, 9.17) is 4.74 Å². The van der Waals surface area contributed by atoms with E-state index in [1.165, 1.54) is 50.5 Å². The Balaban J connectivity index is 0.983. The Morgan fingerprint density at radius 1 is 1.00 bits per heavy atom. The van der Waals surface area contributed by atoms with Gasteiger partial charge in [-0.25, -0.2) is 13.1 Å². The van der Waals surface area contributed by atoms with Gasteiger partial charge in [-0.05, 0) is 97.5 Å². The van der Waals surface area contributed by atoms with Gasteiger partial charge in [0.15, 0.2) is 0 Å². The van der Waals surface area contributed by atoms with Crippen molar-refractivity contribution in [2.24, 2.45) is 40.4 Å². The third-order valence-electron chi connectivity index (χ3n) is 13.4. The van der Waals surface area contributed by atoms with E-state index >= 15 is 0 Å². The van der Waals surface area contributed by atoms with E-state index in [-0.39, 0.29) is 35.5 Å². The Hall–Kier alpha value is -2.42. The summed E-state index contributed by atoms with van der Waals surface area (Å²) in [5.74, 6) is 3.85. The first-order valence-electron chi connectivity index (χ1n) is 18.7. The number of fused-ring (bicyclic) bond motifs is 6.